The Morgan fingerprint density at radius 1 is 1.19 bits per heavy atom. The van der Waals surface area contributed by atoms with E-state index >= 15 is 0 Å². The van der Waals surface area contributed by atoms with Crippen LogP contribution >= 0.6 is 11.6 Å². The molecule has 0 radical (unpaired) electrons. The molecule has 0 aliphatic heterocycles. The van der Waals surface area contributed by atoms with Gasteiger partial charge in [-0.2, -0.15) is 0 Å². The standard InChI is InChI=1S/C19H15ClN4O2/c1-2-8-26-15-6-7-17-16(10-15)19(22-12-21-17)24-14-5-3-4-13(9-14)23-18(25)11-20/h1,3-7,9-10,12H,8,11H2,(H,23,25)(H,21,22,24). The van der Waals surface area contributed by atoms with E-state index in [0.717, 1.165) is 16.6 Å². The van der Waals surface area contributed by atoms with Gasteiger partial charge in [0.15, 0.2) is 0 Å². The molecule has 130 valence electrons. The third kappa shape index (κ3) is 4.21. The summed E-state index contributed by atoms with van der Waals surface area (Å²) < 4.78 is 5.46. The Morgan fingerprint density at radius 3 is 2.85 bits per heavy atom. The molecule has 0 bridgehead atoms. The monoisotopic (exact) mass is 366 g/mol. The highest BCUT2D eigenvalue weighted by Crippen LogP contribution is 2.27. The number of carbonyl (C=O) groups excluding carboxylic acids is 1. The van der Waals surface area contributed by atoms with Crippen LogP contribution in [0.4, 0.5) is 17.2 Å². The first-order valence-corrected chi connectivity index (χ1v) is 8.27. The predicted octanol–water partition coefficient (Wildman–Crippen LogP) is 3.56. The van der Waals surface area contributed by atoms with Gasteiger partial charge in [0.25, 0.3) is 0 Å². The Labute approximate surface area is 155 Å². The van der Waals surface area contributed by atoms with E-state index < -0.39 is 0 Å². The van der Waals surface area contributed by atoms with Crippen molar-refractivity contribution >= 4 is 45.6 Å². The largest absolute Gasteiger partial charge is 0.481 e. The highest BCUT2D eigenvalue weighted by Gasteiger charge is 2.07. The smallest absolute Gasteiger partial charge is 0.239 e. The quantitative estimate of drug-likeness (QED) is 0.515. The van der Waals surface area contributed by atoms with E-state index in [4.69, 9.17) is 22.8 Å². The molecule has 7 heteroatoms. The van der Waals surface area contributed by atoms with Gasteiger partial charge < -0.3 is 15.4 Å². The summed E-state index contributed by atoms with van der Waals surface area (Å²) in [6, 6.07) is 12.7. The highest BCUT2D eigenvalue weighted by atomic mass is 35.5. The van der Waals surface area contributed by atoms with Crippen LogP contribution in [0.25, 0.3) is 10.9 Å². The second-order valence-electron chi connectivity index (χ2n) is 5.28. The minimum Gasteiger partial charge on any atom is -0.481 e. The second-order valence-corrected chi connectivity index (χ2v) is 5.55. The molecule has 3 aromatic rings. The summed E-state index contributed by atoms with van der Waals surface area (Å²) >= 11 is 5.52. The lowest BCUT2D eigenvalue weighted by atomic mass is 10.2. The number of fused-ring (bicyclic) bond motifs is 1. The van der Waals surface area contributed by atoms with Crippen LogP contribution in [0, 0.1) is 12.3 Å². The number of terminal acetylenes is 1. The molecule has 2 aromatic carbocycles. The molecule has 0 atom stereocenters. The van der Waals surface area contributed by atoms with Crippen LogP contribution < -0.4 is 15.4 Å². The van der Waals surface area contributed by atoms with Crippen molar-refractivity contribution in [2.24, 2.45) is 0 Å². The number of ether oxygens (including phenoxy) is 1. The van der Waals surface area contributed by atoms with Gasteiger partial charge in [-0.15, -0.1) is 18.0 Å². The third-order valence-electron chi connectivity index (χ3n) is 3.46. The highest BCUT2D eigenvalue weighted by molar-refractivity contribution is 6.29. The summed E-state index contributed by atoms with van der Waals surface area (Å²) in [6.07, 6.45) is 6.71. The van der Waals surface area contributed by atoms with E-state index in [-0.39, 0.29) is 18.4 Å². The first-order chi connectivity index (χ1) is 12.7. The van der Waals surface area contributed by atoms with Gasteiger partial charge in [-0.1, -0.05) is 12.0 Å². The number of nitrogens with zero attached hydrogens (tertiary/aromatic N) is 2. The molecule has 1 heterocycles. The minimum absolute atomic E-state index is 0.103. The Balaban J connectivity index is 1.89. The van der Waals surface area contributed by atoms with Crippen LogP contribution in [-0.4, -0.2) is 28.4 Å². The maximum absolute atomic E-state index is 11.4. The molecule has 0 aliphatic rings. The van der Waals surface area contributed by atoms with Crippen LogP contribution in [0.15, 0.2) is 48.8 Å². The minimum atomic E-state index is -0.272. The van der Waals surface area contributed by atoms with Crippen molar-refractivity contribution in [1.82, 2.24) is 9.97 Å². The van der Waals surface area contributed by atoms with Crippen LogP contribution in [0.1, 0.15) is 0 Å². The van der Waals surface area contributed by atoms with Crippen molar-refractivity contribution in [1.29, 1.82) is 0 Å². The molecule has 0 saturated carbocycles. The number of amides is 1. The topological polar surface area (TPSA) is 76.1 Å². The predicted molar refractivity (Wildman–Crippen MR) is 103 cm³/mol. The summed E-state index contributed by atoms with van der Waals surface area (Å²) in [6.45, 7) is 0.185. The lowest BCUT2D eigenvalue weighted by Crippen LogP contribution is -2.12. The van der Waals surface area contributed by atoms with Crippen molar-refractivity contribution in [2.75, 3.05) is 23.1 Å². The van der Waals surface area contributed by atoms with Crippen molar-refractivity contribution < 1.29 is 9.53 Å². The maximum Gasteiger partial charge on any atom is 0.239 e. The molecule has 6 nitrogen and oxygen atoms in total. The lowest BCUT2D eigenvalue weighted by Gasteiger charge is -2.11. The maximum atomic E-state index is 11.4. The van der Waals surface area contributed by atoms with Gasteiger partial charge in [0, 0.05) is 16.8 Å². The van der Waals surface area contributed by atoms with Gasteiger partial charge >= 0.3 is 0 Å². The summed E-state index contributed by atoms with van der Waals surface area (Å²) in [5.74, 6) is 3.31. The van der Waals surface area contributed by atoms with Crippen molar-refractivity contribution in [3.63, 3.8) is 0 Å². The molecule has 3 rings (SSSR count). The van der Waals surface area contributed by atoms with Gasteiger partial charge in [-0.3, -0.25) is 4.79 Å². The van der Waals surface area contributed by atoms with Crippen LogP contribution in [0.2, 0.25) is 0 Å². The van der Waals surface area contributed by atoms with Crippen molar-refractivity contribution in [3.05, 3.63) is 48.8 Å². The van der Waals surface area contributed by atoms with Gasteiger partial charge in [0.1, 0.15) is 30.4 Å². The molecule has 0 spiro atoms. The number of hydrogen-bond donors (Lipinski definition) is 2. The van der Waals surface area contributed by atoms with E-state index in [1.54, 1.807) is 18.2 Å². The lowest BCUT2D eigenvalue weighted by molar-refractivity contribution is -0.113. The van der Waals surface area contributed by atoms with Gasteiger partial charge in [0.05, 0.1) is 5.52 Å². The molecular formula is C19H15ClN4O2. The second kappa shape index (κ2) is 8.19. The zero-order chi connectivity index (χ0) is 18.4. The molecule has 0 fully saturated rings. The summed E-state index contributed by atoms with van der Waals surface area (Å²) in [5.41, 5.74) is 2.16. The fourth-order valence-corrected chi connectivity index (χ4v) is 2.42. The van der Waals surface area contributed by atoms with E-state index in [2.05, 4.69) is 26.5 Å². The average Bonchev–Trinajstić information content (AvgIpc) is 2.67. The SMILES string of the molecule is C#CCOc1ccc2ncnc(Nc3cccc(NC(=O)CCl)c3)c2c1. The van der Waals surface area contributed by atoms with E-state index in [1.165, 1.54) is 6.33 Å². The number of carbonyl (C=O) groups is 1. The third-order valence-corrected chi connectivity index (χ3v) is 3.70. The van der Waals surface area contributed by atoms with Crippen molar-refractivity contribution in [3.8, 4) is 18.1 Å². The van der Waals surface area contributed by atoms with Gasteiger partial charge in [0.2, 0.25) is 5.91 Å². The number of rotatable bonds is 6. The molecule has 0 saturated heterocycles. The molecule has 26 heavy (non-hydrogen) atoms. The van der Waals surface area contributed by atoms with E-state index in [1.807, 2.05) is 24.3 Å². The molecule has 1 amide bonds. The number of nitrogens with one attached hydrogen (secondary N) is 2. The number of alkyl halides is 1. The Morgan fingerprint density at radius 2 is 2.04 bits per heavy atom. The Hall–Kier alpha value is -3.30. The Kier molecular flexibility index (Phi) is 5.52. The van der Waals surface area contributed by atoms with E-state index in [9.17, 15) is 4.79 Å². The normalized spacial score (nSPS) is 10.2. The van der Waals surface area contributed by atoms with Crippen LogP contribution in [0.5, 0.6) is 5.75 Å². The number of halogens is 1. The summed E-state index contributed by atoms with van der Waals surface area (Å²) in [5, 5.41) is 6.72. The number of aromatic nitrogens is 2. The molecule has 0 aliphatic carbocycles. The summed E-state index contributed by atoms with van der Waals surface area (Å²) in [4.78, 5) is 20.0. The van der Waals surface area contributed by atoms with Gasteiger partial charge in [-0.05, 0) is 36.4 Å². The fourth-order valence-electron chi connectivity index (χ4n) is 2.36. The molecule has 2 N–H and O–H groups in total. The Bertz CT molecular complexity index is 985. The fraction of sp³-hybridized carbons (Fsp3) is 0.105. The summed E-state index contributed by atoms with van der Waals surface area (Å²) in [7, 11) is 0. The number of anilines is 3. The zero-order valence-corrected chi connectivity index (χ0v) is 14.5. The molecular weight excluding hydrogens is 352 g/mol. The first-order valence-electron chi connectivity index (χ1n) is 7.73. The van der Waals surface area contributed by atoms with E-state index in [0.29, 0.717) is 17.3 Å². The molecule has 0 unspecified atom stereocenters. The number of hydrogen-bond acceptors (Lipinski definition) is 5. The molecule has 1 aromatic heterocycles. The first kappa shape index (κ1) is 17.5. The van der Waals surface area contributed by atoms with Crippen LogP contribution in [-0.2, 0) is 4.79 Å². The van der Waals surface area contributed by atoms with Crippen molar-refractivity contribution in [2.45, 2.75) is 0 Å². The average molecular weight is 367 g/mol. The number of benzene rings is 2. The van der Waals surface area contributed by atoms with Gasteiger partial charge in [-0.25, -0.2) is 9.97 Å². The van der Waals surface area contributed by atoms with Crippen LogP contribution in [0.3, 0.4) is 0 Å². The zero-order valence-electron chi connectivity index (χ0n) is 13.7.